The highest BCUT2D eigenvalue weighted by atomic mass is 19.1. The molecule has 4 nitrogen and oxygen atoms in total. The monoisotopic (exact) mass is 371 g/mol. The summed E-state index contributed by atoms with van der Waals surface area (Å²) >= 11 is 0. The first kappa shape index (κ1) is 17.7. The molecule has 0 radical (unpaired) electrons. The summed E-state index contributed by atoms with van der Waals surface area (Å²) in [6.07, 6.45) is 2.73. The summed E-state index contributed by atoms with van der Waals surface area (Å²) in [6.45, 7) is 0. The Kier molecular flexibility index (Phi) is 4.44. The fraction of sp³-hybridized carbons (Fsp3) is 0.286. The lowest BCUT2D eigenvalue weighted by molar-refractivity contribution is -0.886. The van der Waals surface area contributed by atoms with Crippen LogP contribution in [0.2, 0.25) is 0 Å². The van der Waals surface area contributed by atoms with E-state index < -0.39 is 17.5 Å². The number of likely N-dealkylation sites (N-methyl/N-ethyl adjacent to an activating group) is 1. The van der Waals surface area contributed by atoms with Gasteiger partial charge in [0.2, 0.25) is 0 Å². The molecule has 6 heteroatoms. The van der Waals surface area contributed by atoms with Gasteiger partial charge in [0.1, 0.15) is 23.0 Å². The number of halogens is 2. The lowest BCUT2D eigenvalue weighted by Crippen LogP contribution is -3.10. The van der Waals surface area contributed by atoms with Gasteiger partial charge < -0.3 is 14.6 Å². The summed E-state index contributed by atoms with van der Waals surface area (Å²) in [4.78, 5) is 13.7. The van der Waals surface area contributed by atoms with Crippen LogP contribution >= 0.6 is 0 Å². The second-order valence-corrected chi connectivity index (χ2v) is 7.31. The van der Waals surface area contributed by atoms with Crippen molar-refractivity contribution in [2.24, 2.45) is 0 Å². The zero-order chi connectivity index (χ0) is 19.1. The smallest absolute Gasteiger partial charge is 0.255 e. The molecule has 1 atom stereocenters. The number of rotatable bonds is 3. The van der Waals surface area contributed by atoms with Crippen LogP contribution in [-0.4, -0.2) is 26.0 Å². The van der Waals surface area contributed by atoms with Crippen LogP contribution in [0.5, 0.6) is 0 Å². The minimum Gasteiger partial charge on any atom is -0.461 e. The van der Waals surface area contributed by atoms with Gasteiger partial charge in [-0.25, -0.2) is 8.78 Å². The number of hydrogen-bond acceptors (Lipinski definition) is 2. The van der Waals surface area contributed by atoms with Gasteiger partial charge in [-0.2, -0.15) is 0 Å². The van der Waals surface area contributed by atoms with Crippen LogP contribution in [0.25, 0.3) is 11.0 Å². The van der Waals surface area contributed by atoms with Gasteiger partial charge in [-0.15, -0.1) is 0 Å². The molecule has 1 amide bonds. The fourth-order valence-corrected chi connectivity index (χ4v) is 3.68. The predicted molar refractivity (Wildman–Crippen MR) is 99.1 cm³/mol. The molecule has 0 aliphatic heterocycles. The van der Waals surface area contributed by atoms with E-state index in [0.717, 1.165) is 36.0 Å². The van der Waals surface area contributed by atoms with Crippen LogP contribution in [-0.2, 0) is 12.8 Å². The third-order valence-corrected chi connectivity index (χ3v) is 5.31. The number of aryl methyl sites for hydroxylation is 1. The number of benzene rings is 2. The molecule has 27 heavy (non-hydrogen) atoms. The highest BCUT2D eigenvalue weighted by molar-refractivity contribution is 6.05. The van der Waals surface area contributed by atoms with Crippen LogP contribution in [0.15, 0.2) is 40.8 Å². The second kappa shape index (κ2) is 6.78. The van der Waals surface area contributed by atoms with E-state index >= 15 is 0 Å². The molecule has 0 fully saturated rings. The molecule has 0 bridgehead atoms. The van der Waals surface area contributed by atoms with E-state index in [1.165, 1.54) is 35.2 Å². The number of fused-ring (bicyclic) bond motifs is 3. The van der Waals surface area contributed by atoms with Crippen LogP contribution in [0, 0.1) is 11.6 Å². The number of carbonyl (C=O) groups excluding carboxylic acids is 1. The summed E-state index contributed by atoms with van der Waals surface area (Å²) < 4.78 is 33.4. The maximum absolute atomic E-state index is 14.5. The number of amides is 1. The van der Waals surface area contributed by atoms with Crippen molar-refractivity contribution in [1.82, 2.24) is 0 Å². The molecule has 0 spiro atoms. The van der Waals surface area contributed by atoms with Crippen LogP contribution < -0.4 is 10.2 Å². The van der Waals surface area contributed by atoms with Gasteiger partial charge in [0.05, 0.1) is 25.8 Å². The van der Waals surface area contributed by atoms with Gasteiger partial charge in [-0.3, -0.25) is 4.79 Å². The topological polar surface area (TPSA) is 46.7 Å². The van der Waals surface area contributed by atoms with Crippen LogP contribution in [0.4, 0.5) is 14.5 Å². The van der Waals surface area contributed by atoms with Gasteiger partial charge in [0.25, 0.3) is 5.91 Å². The van der Waals surface area contributed by atoms with Gasteiger partial charge in [-0.05, 0) is 30.3 Å². The minimum atomic E-state index is -0.557. The zero-order valence-corrected chi connectivity index (χ0v) is 15.2. The molecular weight excluding hydrogens is 350 g/mol. The van der Waals surface area contributed by atoms with Crippen molar-refractivity contribution < 1.29 is 22.9 Å². The summed E-state index contributed by atoms with van der Waals surface area (Å²) in [5.41, 5.74) is 1.97. The van der Waals surface area contributed by atoms with Crippen molar-refractivity contribution in [3.8, 4) is 0 Å². The van der Waals surface area contributed by atoms with Gasteiger partial charge in [-0.1, -0.05) is 0 Å². The largest absolute Gasteiger partial charge is 0.461 e. The van der Waals surface area contributed by atoms with Crippen molar-refractivity contribution in [2.45, 2.75) is 25.3 Å². The molecule has 1 aromatic heterocycles. The highest BCUT2D eigenvalue weighted by Crippen LogP contribution is 2.34. The molecule has 1 aliphatic carbocycles. The number of anilines is 1. The van der Waals surface area contributed by atoms with Crippen molar-refractivity contribution in [3.63, 3.8) is 0 Å². The number of furan rings is 1. The normalized spacial score (nSPS) is 16.6. The number of quaternary nitrogens is 1. The molecule has 1 aliphatic rings. The Bertz CT molecular complexity index is 1010. The van der Waals surface area contributed by atoms with E-state index in [4.69, 9.17) is 4.42 Å². The average Bonchev–Trinajstić information content (AvgIpc) is 2.99. The maximum atomic E-state index is 14.5. The summed E-state index contributed by atoms with van der Waals surface area (Å²) in [7, 11) is 4.26. The third-order valence-electron chi connectivity index (χ3n) is 5.31. The van der Waals surface area contributed by atoms with E-state index in [2.05, 4.69) is 19.4 Å². The first-order valence-electron chi connectivity index (χ1n) is 9.03. The molecule has 1 heterocycles. The molecule has 1 unspecified atom stereocenters. The summed E-state index contributed by atoms with van der Waals surface area (Å²) in [6, 6.07) is 8.58. The summed E-state index contributed by atoms with van der Waals surface area (Å²) in [5.74, 6) is -0.564. The molecule has 3 aromatic rings. The first-order chi connectivity index (χ1) is 12.9. The van der Waals surface area contributed by atoms with Gasteiger partial charge in [0.15, 0.2) is 0 Å². The lowest BCUT2D eigenvalue weighted by atomic mass is 9.91. The lowest BCUT2D eigenvalue weighted by Gasteiger charge is -2.24. The zero-order valence-electron chi connectivity index (χ0n) is 15.2. The Labute approximate surface area is 155 Å². The molecular formula is C21H21F2N2O2+. The number of hydrogen-bond donors (Lipinski definition) is 2. The standard InChI is InChI=1S/C21H20F2N2O2/c1-25(2)14-7-8-19-15(9-14)16-10-18(17(23)11-20(16)27-19)24-21(26)12-3-5-13(22)6-4-12/h3-6,10-11,14H,7-9H2,1-2H3,(H,24,26)/p+1. The Balaban J connectivity index is 1.67. The highest BCUT2D eigenvalue weighted by Gasteiger charge is 2.28. The minimum absolute atomic E-state index is 0.0970. The van der Waals surface area contributed by atoms with Crippen molar-refractivity contribution in [2.75, 3.05) is 19.4 Å². The summed E-state index contributed by atoms with van der Waals surface area (Å²) in [5, 5.41) is 3.43. The Morgan fingerprint density at radius 1 is 1.19 bits per heavy atom. The van der Waals surface area contributed by atoms with Gasteiger partial charge in [0, 0.05) is 41.8 Å². The van der Waals surface area contributed by atoms with Crippen molar-refractivity contribution >= 4 is 22.6 Å². The van der Waals surface area contributed by atoms with Crippen LogP contribution in [0.3, 0.4) is 0 Å². The Morgan fingerprint density at radius 3 is 2.63 bits per heavy atom. The van der Waals surface area contributed by atoms with E-state index in [0.29, 0.717) is 11.6 Å². The van der Waals surface area contributed by atoms with Crippen molar-refractivity contribution in [1.29, 1.82) is 0 Å². The fourth-order valence-electron chi connectivity index (χ4n) is 3.68. The molecule has 140 valence electrons. The molecule has 4 rings (SSSR count). The first-order valence-corrected chi connectivity index (χ1v) is 9.03. The maximum Gasteiger partial charge on any atom is 0.255 e. The second-order valence-electron chi connectivity index (χ2n) is 7.31. The predicted octanol–water partition coefficient (Wildman–Crippen LogP) is 2.97. The molecule has 2 N–H and O–H groups in total. The molecule has 0 saturated heterocycles. The molecule has 0 saturated carbocycles. The third kappa shape index (κ3) is 3.32. The Hall–Kier alpha value is -2.73. The molecule has 2 aromatic carbocycles. The quantitative estimate of drug-likeness (QED) is 0.744. The van der Waals surface area contributed by atoms with Crippen molar-refractivity contribution in [3.05, 3.63) is 64.9 Å². The van der Waals surface area contributed by atoms with E-state index in [9.17, 15) is 13.6 Å². The Morgan fingerprint density at radius 2 is 1.93 bits per heavy atom. The van der Waals surface area contributed by atoms with Gasteiger partial charge >= 0.3 is 0 Å². The number of carbonyl (C=O) groups is 1. The van der Waals surface area contributed by atoms with E-state index in [1.54, 1.807) is 6.07 Å². The SMILES string of the molecule is C[NH+](C)C1CCc2oc3cc(F)c(NC(=O)c4ccc(F)cc4)cc3c2C1. The van der Waals surface area contributed by atoms with Crippen LogP contribution in [0.1, 0.15) is 28.1 Å². The average molecular weight is 371 g/mol. The van der Waals surface area contributed by atoms with E-state index in [-0.39, 0.29) is 11.3 Å². The number of nitrogens with one attached hydrogen (secondary N) is 2. The van der Waals surface area contributed by atoms with E-state index in [1.807, 2.05) is 0 Å².